The number of hydrogen-bond acceptors (Lipinski definition) is 2. The average Bonchev–Trinajstić information content (AvgIpc) is 3.80. The van der Waals surface area contributed by atoms with Crippen molar-refractivity contribution in [2.75, 3.05) is 0 Å². The van der Waals surface area contributed by atoms with Gasteiger partial charge in [-0.1, -0.05) is 218 Å². The smallest absolute Gasteiger partial charge is 0.0718 e. The monoisotopic (exact) mass is 769 g/mol. The SMILES string of the molecule is c1ccc(P(=Nc2ccccc2-c2ccc(-c3ccccc3N=P(c3ccccc3)(c3ccccc3)c3ccccc3)[nH]2)(c2ccccc2)c2ccccc2)cc1. The van der Waals surface area contributed by atoms with Crippen LogP contribution in [0.2, 0.25) is 0 Å². The van der Waals surface area contributed by atoms with Crippen LogP contribution in [0.4, 0.5) is 11.4 Å². The van der Waals surface area contributed by atoms with Gasteiger partial charge in [-0.2, -0.15) is 0 Å². The van der Waals surface area contributed by atoms with Crippen LogP contribution in [-0.4, -0.2) is 4.98 Å². The molecular formula is C52H41N3P2. The molecule has 0 saturated carbocycles. The zero-order valence-electron chi connectivity index (χ0n) is 31.4. The second-order valence-electron chi connectivity index (χ2n) is 13.8. The number of hydrogen-bond donors (Lipinski definition) is 1. The number of nitrogens with zero attached hydrogens (tertiary/aromatic N) is 2. The number of rotatable bonds is 10. The van der Waals surface area contributed by atoms with E-state index in [1.54, 1.807) is 0 Å². The molecule has 1 N–H and O–H groups in total. The Morgan fingerprint density at radius 1 is 0.246 bits per heavy atom. The molecule has 1 aromatic heterocycles. The Kier molecular flexibility index (Phi) is 10.3. The van der Waals surface area contributed by atoms with Crippen LogP contribution in [0, 0.1) is 0 Å². The molecular weight excluding hydrogens is 729 g/mol. The van der Waals surface area contributed by atoms with Crippen LogP contribution in [0.25, 0.3) is 22.5 Å². The summed E-state index contributed by atoms with van der Waals surface area (Å²) < 4.78 is 11.8. The summed E-state index contributed by atoms with van der Waals surface area (Å²) in [6.45, 7) is 0. The highest BCUT2D eigenvalue weighted by Gasteiger charge is 2.29. The fourth-order valence-electron chi connectivity index (χ4n) is 7.71. The van der Waals surface area contributed by atoms with Crippen molar-refractivity contribution in [2.45, 2.75) is 0 Å². The predicted octanol–water partition coefficient (Wildman–Crippen LogP) is 12.0. The molecule has 0 atom stereocenters. The second-order valence-corrected chi connectivity index (χ2v) is 19.8. The van der Waals surface area contributed by atoms with Gasteiger partial charge in [0.2, 0.25) is 0 Å². The van der Waals surface area contributed by atoms with E-state index in [4.69, 9.17) is 9.49 Å². The molecule has 0 spiro atoms. The number of H-pyrrole nitrogens is 1. The Labute approximate surface area is 335 Å². The summed E-state index contributed by atoms with van der Waals surface area (Å²) in [5.41, 5.74) is 5.98. The normalized spacial score (nSPS) is 11.5. The minimum absolute atomic E-state index is 0.941. The fraction of sp³-hybridized carbons (Fsp3) is 0. The van der Waals surface area contributed by atoms with Gasteiger partial charge in [-0.15, -0.1) is 0 Å². The molecule has 0 saturated heterocycles. The maximum atomic E-state index is 5.90. The summed E-state index contributed by atoms with van der Waals surface area (Å²) in [6.07, 6.45) is 0. The molecule has 9 aromatic rings. The van der Waals surface area contributed by atoms with Gasteiger partial charge in [0.05, 0.1) is 25.5 Å². The van der Waals surface area contributed by atoms with E-state index in [9.17, 15) is 0 Å². The summed E-state index contributed by atoms with van der Waals surface area (Å²) in [5.74, 6) is 0. The van der Waals surface area contributed by atoms with E-state index in [-0.39, 0.29) is 0 Å². The molecule has 0 fully saturated rings. The van der Waals surface area contributed by atoms with Gasteiger partial charge in [0.1, 0.15) is 0 Å². The third kappa shape index (κ3) is 6.98. The molecule has 5 heteroatoms. The van der Waals surface area contributed by atoms with E-state index < -0.39 is 14.1 Å². The Balaban J connectivity index is 1.24. The molecule has 8 aromatic carbocycles. The van der Waals surface area contributed by atoms with Crippen molar-refractivity contribution in [1.82, 2.24) is 4.98 Å². The van der Waals surface area contributed by atoms with Crippen LogP contribution in [0.3, 0.4) is 0 Å². The second kappa shape index (κ2) is 16.3. The standard InChI is InChI=1S/C52H41N3P2/c1-7-23-41(24-8-1)56(42-25-9-2-10-26-42,43-27-11-3-12-28-43)54-51-37-21-19-35-47(51)49-39-40-50(53-49)48-36-20-22-38-52(48)55-57(44-29-13-4-14-30-44,45-31-15-5-16-32-45)46-33-17-6-18-34-46/h1-40,53H. The van der Waals surface area contributed by atoms with E-state index in [1.165, 1.54) is 31.8 Å². The Morgan fingerprint density at radius 2 is 0.474 bits per heavy atom. The third-order valence-corrected chi connectivity index (χ3v) is 17.7. The van der Waals surface area contributed by atoms with Crippen molar-refractivity contribution in [3.63, 3.8) is 0 Å². The van der Waals surface area contributed by atoms with E-state index in [0.717, 1.165) is 33.9 Å². The Bertz CT molecular complexity index is 2430. The third-order valence-electron chi connectivity index (χ3n) is 10.4. The summed E-state index contributed by atoms with van der Waals surface area (Å²) in [4.78, 5) is 3.84. The molecule has 0 amide bonds. The van der Waals surface area contributed by atoms with Crippen molar-refractivity contribution in [2.24, 2.45) is 9.49 Å². The van der Waals surface area contributed by atoms with E-state index in [1.807, 2.05) is 0 Å². The van der Waals surface area contributed by atoms with Crippen LogP contribution in [-0.2, 0) is 0 Å². The molecule has 9 rings (SSSR count). The summed E-state index contributed by atoms with van der Waals surface area (Å²) in [7, 11) is -4.99. The number of benzene rings is 8. The van der Waals surface area contributed by atoms with E-state index in [2.05, 4.69) is 248 Å². The lowest BCUT2D eigenvalue weighted by molar-refractivity contribution is 1.38. The molecule has 0 unspecified atom stereocenters. The quantitative estimate of drug-likeness (QED) is 0.135. The van der Waals surface area contributed by atoms with Crippen LogP contribution in [0.1, 0.15) is 0 Å². The zero-order chi connectivity index (χ0) is 38.3. The molecule has 0 aliphatic carbocycles. The number of aromatic amines is 1. The molecule has 3 nitrogen and oxygen atoms in total. The van der Waals surface area contributed by atoms with Crippen LogP contribution in [0.15, 0.2) is 252 Å². The highest BCUT2D eigenvalue weighted by atomic mass is 31.2. The lowest BCUT2D eigenvalue weighted by Crippen LogP contribution is -2.25. The first kappa shape index (κ1) is 36.2. The van der Waals surface area contributed by atoms with Gasteiger partial charge in [-0.25, -0.2) is 0 Å². The Hall–Kier alpha value is -6.50. The van der Waals surface area contributed by atoms with Gasteiger partial charge in [0, 0.05) is 54.3 Å². The first-order chi connectivity index (χ1) is 28.3. The Morgan fingerprint density at radius 3 is 0.737 bits per heavy atom. The van der Waals surface area contributed by atoms with Crippen LogP contribution < -0.4 is 31.8 Å². The molecule has 274 valence electrons. The number of nitrogens with one attached hydrogen (secondary N) is 1. The number of aromatic nitrogens is 1. The molecule has 0 bridgehead atoms. The van der Waals surface area contributed by atoms with Gasteiger partial charge in [-0.05, 0) is 24.3 Å². The minimum Gasteiger partial charge on any atom is -0.354 e. The van der Waals surface area contributed by atoms with E-state index in [0.29, 0.717) is 0 Å². The molecule has 1 heterocycles. The molecule has 57 heavy (non-hydrogen) atoms. The highest BCUT2D eigenvalue weighted by Crippen LogP contribution is 2.52. The van der Waals surface area contributed by atoms with Gasteiger partial charge >= 0.3 is 0 Å². The lowest BCUT2D eigenvalue weighted by Gasteiger charge is -2.27. The van der Waals surface area contributed by atoms with Crippen molar-refractivity contribution < 1.29 is 0 Å². The average molecular weight is 770 g/mol. The maximum absolute atomic E-state index is 5.90. The predicted molar refractivity (Wildman–Crippen MR) is 246 cm³/mol. The van der Waals surface area contributed by atoms with Crippen LogP contribution in [0.5, 0.6) is 0 Å². The highest BCUT2D eigenvalue weighted by molar-refractivity contribution is 7.88. The van der Waals surface area contributed by atoms with Crippen molar-refractivity contribution in [3.8, 4) is 22.5 Å². The van der Waals surface area contributed by atoms with Gasteiger partial charge in [-0.3, -0.25) is 9.49 Å². The first-order valence-electron chi connectivity index (χ1n) is 19.2. The van der Waals surface area contributed by atoms with Crippen molar-refractivity contribution >= 4 is 57.3 Å². The maximum Gasteiger partial charge on any atom is 0.0718 e. The molecule has 0 aliphatic rings. The van der Waals surface area contributed by atoms with Gasteiger partial charge in [0.15, 0.2) is 0 Å². The van der Waals surface area contributed by atoms with Crippen molar-refractivity contribution in [1.29, 1.82) is 0 Å². The largest absolute Gasteiger partial charge is 0.354 e. The fourth-order valence-corrected chi connectivity index (χ4v) is 14.8. The van der Waals surface area contributed by atoms with Gasteiger partial charge < -0.3 is 4.98 Å². The first-order valence-corrected chi connectivity index (χ1v) is 22.7. The van der Waals surface area contributed by atoms with Crippen molar-refractivity contribution in [3.05, 3.63) is 243 Å². The molecule has 0 aliphatic heterocycles. The van der Waals surface area contributed by atoms with E-state index >= 15 is 0 Å². The summed E-state index contributed by atoms with van der Waals surface area (Å²) in [6, 6.07) is 86.2. The summed E-state index contributed by atoms with van der Waals surface area (Å²) in [5, 5.41) is 7.26. The minimum atomic E-state index is -2.49. The zero-order valence-corrected chi connectivity index (χ0v) is 33.2. The topological polar surface area (TPSA) is 40.5 Å². The molecule has 0 radical (unpaired) electrons. The summed E-state index contributed by atoms with van der Waals surface area (Å²) >= 11 is 0. The lowest BCUT2D eigenvalue weighted by atomic mass is 10.1. The van der Waals surface area contributed by atoms with Gasteiger partial charge in [0.25, 0.3) is 0 Å². The van der Waals surface area contributed by atoms with Crippen LogP contribution >= 0.6 is 14.1 Å².